The number of nitrogens with zero attached hydrogens (tertiary/aromatic N) is 1. The van der Waals surface area contributed by atoms with Crippen molar-refractivity contribution in [2.75, 3.05) is 5.73 Å². The maximum Gasteiger partial charge on any atom is 0.251 e. The second-order valence-electron chi connectivity index (χ2n) is 5.61. The molecule has 23 heavy (non-hydrogen) atoms. The fraction of sp³-hybridized carbons (Fsp3) is 0.158. The largest absolute Gasteiger partial charge is 0.398 e. The Morgan fingerprint density at radius 3 is 2.39 bits per heavy atom. The summed E-state index contributed by atoms with van der Waals surface area (Å²) in [5, 5.41) is 0. The Labute approximate surface area is 135 Å². The molecular weight excluding hydrogens is 286 g/mol. The number of nitrogens with two attached hydrogens (primary N) is 1. The van der Waals surface area contributed by atoms with Gasteiger partial charge in [0, 0.05) is 22.9 Å². The number of nitrogens with one attached hydrogen (secondary N) is 1. The minimum atomic E-state index is -0.177. The van der Waals surface area contributed by atoms with Gasteiger partial charge in [-0.25, -0.2) is 4.98 Å². The van der Waals surface area contributed by atoms with Gasteiger partial charge in [0.1, 0.15) is 5.82 Å². The van der Waals surface area contributed by atoms with Gasteiger partial charge in [0.15, 0.2) is 0 Å². The highest BCUT2D eigenvalue weighted by molar-refractivity contribution is 5.68. The summed E-state index contributed by atoms with van der Waals surface area (Å²) in [4.78, 5) is 19.4. The van der Waals surface area contributed by atoms with Crippen LogP contribution in [0.1, 0.15) is 18.1 Å². The molecule has 0 spiro atoms. The minimum absolute atomic E-state index is 0.177. The molecule has 0 unspecified atom stereocenters. The molecule has 0 amide bonds. The molecule has 3 N–H and O–H groups in total. The van der Waals surface area contributed by atoms with E-state index in [-0.39, 0.29) is 5.56 Å². The van der Waals surface area contributed by atoms with Crippen LogP contribution in [-0.2, 0) is 6.42 Å². The number of anilines is 1. The van der Waals surface area contributed by atoms with E-state index in [1.807, 2.05) is 49.4 Å². The molecule has 0 aliphatic rings. The van der Waals surface area contributed by atoms with Crippen LogP contribution >= 0.6 is 0 Å². The van der Waals surface area contributed by atoms with Crippen molar-refractivity contribution >= 4 is 5.69 Å². The monoisotopic (exact) mass is 305 g/mol. The van der Waals surface area contributed by atoms with Crippen molar-refractivity contribution in [1.82, 2.24) is 9.97 Å². The SMILES string of the molecule is CCc1ccc(-c2cc(=O)[nH]c(-c3ccc(C)cc3)n2)cc1N. The van der Waals surface area contributed by atoms with E-state index in [9.17, 15) is 4.79 Å². The first-order chi connectivity index (χ1) is 11.1. The lowest BCUT2D eigenvalue weighted by Crippen LogP contribution is -2.08. The molecule has 0 atom stereocenters. The molecule has 4 nitrogen and oxygen atoms in total. The summed E-state index contributed by atoms with van der Waals surface area (Å²) in [5.41, 5.74) is 11.2. The Balaban J connectivity index is 2.09. The van der Waals surface area contributed by atoms with Crippen molar-refractivity contribution in [3.63, 3.8) is 0 Å². The van der Waals surface area contributed by atoms with Crippen LogP contribution in [0.4, 0.5) is 5.69 Å². The molecule has 3 aromatic rings. The summed E-state index contributed by atoms with van der Waals surface area (Å²) >= 11 is 0. The fourth-order valence-corrected chi connectivity index (χ4v) is 2.53. The molecule has 4 heteroatoms. The average molecular weight is 305 g/mol. The lowest BCUT2D eigenvalue weighted by molar-refractivity contribution is 1.12. The van der Waals surface area contributed by atoms with Crippen molar-refractivity contribution in [3.8, 4) is 22.6 Å². The van der Waals surface area contributed by atoms with Gasteiger partial charge in [0.25, 0.3) is 5.56 Å². The summed E-state index contributed by atoms with van der Waals surface area (Å²) < 4.78 is 0. The first-order valence-corrected chi connectivity index (χ1v) is 7.64. The number of H-pyrrole nitrogens is 1. The highest BCUT2D eigenvalue weighted by Gasteiger charge is 2.08. The summed E-state index contributed by atoms with van der Waals surface area (Å²) in [6.45, 7) is 4.08. The zero-order valence-electron chi connectivity index (χ0n) is 13.3. The third-order valence-electron chi connectivity index (χ3n) is 3.89. The second kappa shape index (κ2) is 6.08. The Morgan fingerprint density at radius 2 is 1.74 bits per heavy atom. The van der Waals surface area contributed by atoms with E-state index < -0.39 is 0 Å². The molecule has 0 radical (unpaired) electrons. The molecular formula is C19H19N3O. The van der Waals surface area contributed by atoms with Gasteiger partial charge in [-0.1, -0.05) is 48.9 Å². The Kier molecular flexibility index (Phi) is 3.98. The van der Waals surface area contributed by atoms with E-state index in [1.165, 1.54) is 6.07 Å². The van der Waals surface area contributed by atoms with Gasteiger partial charge in [-0.2, -0.15) is 0 Å². The number of aryl methyl sites for hydroxylation is 2. The second-order valence-corrected chi connectivity index (χ2v) is 5.61. The zero-order chi connectivity index (χ0) is 16.4. The van der Waals surface area contributed by atoms with Crippen LogP contribution in [-0.4, -0.2) is 9.97 Å². The van der Waals surface area contributed by atoms with Crippen molar-refractivity contribution in [3.05, 3.63) is 70.0 Å². The Bertz CT molecular complexity index is 895. The van der Waals surface area contributed by atoms with E-state index in [1.54, 1.807) is 0 Å². The zero-order valence-corrected chi connectivity index (χ0v) is 13.3. The number of hydrogen-bond donors (Lipinski definition) is 2. The Hall–Kier alpha value is -2.88. The predicted molar refractivity (Wildman–Crippen MR) is 94.3 cm³/mol. The molecule has 0 saturated carbocycles. The smallest absolute Gasteiger partial charge is 0.251 e. The number of rotatable bonds is 3. The topological polar surface area (TPSA) is 71.8 Å². The van der Waals surface area contributed by atoms with Gasteiger partial charge in [-0.05, 0) is 25.0 Å². The summed E-state index contributed by atoms with van der Waals surface area (Å²) in [7, 11) is 0. The van der Waals surface area contributed by atoms with Crippen molar-refractivity contribution in [2.24, 2.45) is 0 Å². The van der Waals surface area contributed by atoms with E-state index in [0.29, 0.717) is 11.5 Å². The average Bonchev–Trinajstić information content (AvgIpc) is 2.55. The number of aromatic nitrogens is 2. The molecule has 0 saturated heterocycles. The number of nitrogen functional groups attached to an aromatic ring is 1. The lowest BCUT2D eigenvalue weighted by Gasteiger charge is -2.08. The van der Waals surface area contributed by atoms with Crippen LogP contribution in [0.15, 0.2) is 53.3 Å². The summed E-state index contributed by atoms with van der Waals surface area (Å²) in [5.74, 6) is 0.561. The molecule has 0 fully saturated rings. The summed E-state index contributed by atoms with van der Waals surface area (Å²) in [6, 6.07) is 15.2. The van der Waals surface area contributed by atoms with Crippen LogP contribution in [0.3, 0.4) is 0 Å². The lowest BCUT2D eigenvalue weighted by atomic mass is 10.0. The van der Waals surface area contributed by atoms with Gasteiger partial charge >= 0.3 is 0 Å². The van der Waals surface area contributed by atoms with Gasteiger partial charge < -0.3 is 10.7 Å². The van der Waals surface area contributed by atoms with Gasteiger partial charge in [0.05, 0.1) is 5.69 Å². The molecule has 0 aliphatic carbocycles. The summed E-state index contributed by atoms with van der Waals surface area (Å²) in [6.07, 6.45) is 0.879. The minimum Gasteiger partial charge on any atom is -0.398 e. The maximum atomic E-state index is 12.0. The third kappa shape index (κ3) is 3.16. The van der Waals surface area contributed by atoms with Crippen LogP contribution in [0.5, 0.6) is 0 Å². The van der Waals surface area contributed by atoms with Gasteiger partial charge in [0.2, 0.25) is 0 Å². The predicted octanol–water partition coefficient (Wildman–Crippen LogP) is 3.56. The van der Waals surface area contributed by atoms with Crippen LogP contribution < -0.4 is 11.3 Å². The first kappa shape index (κ1) is 15.0. The van der Waals surface area contributed by atoms with Crippen LogP contribution in [0.2, 0.25) is 0 Å². The molecule has 0 aliphatic heterocycles. The Morgan fingerprint density at radius 1 is 1.04 bits per heavy atom. The van der Waals surface area contributed by atoms with Crippen molar-refractivity contribution < 1.29 is 0 Å². The number of hydrogen-bond acceptors (Lipinski definition) is 3. The van der Waals surface area contributed by atoms with Crippen molar-refractivity contribution in [1.29, 1.82) is 0 Å². The van der Waals surface area contributed by atoms with E-state index in [4.69, 9.17) is 5.73 Å². The van der Waals surface area contributed by atoms with Crippen LogP contribution in [0, 0.1) is 6.92 Å². The molecule has 3 rings (SSSR count). The van der Waals surface area contributed by atoms with E-state index in [0.717, 1.165) is 34.4 Å². The highest BCUT2D eigenvalue weighted by atomic mass is 16.1. The quantitative estimate of drug-likeness (QED) is 0.727. The molecule has 0 bridgehead atoms. The maximum absolute atomic E-state index is 12.0. The highest BCUT2D eigenvalue weighted by Crippen LogP contribution is 2.24. The van der Waals surface area contributed by atoms with E-state index in [2.05, 4.69) is 16.9 Å². The third-order valence-corrected chi connectivity index (χ3v) is 3.89. The fourth-order valence-electron chi connectivity index (χ4n) is 2.53. The van der Waals surface area contributed by atoms with Crippen molar-refractivity contribution in [2.45, 2.75) is 20.3 Å². The van der Waals surface area contributed by atoms with E-state index >= 15 is 0 Å². The number of aromatic amines is 1. The molecule has 2 aromatic carbocycles. The molecule has 1 heterocycles. The number of benzene rings is 2. The molecule has 116 valence electrons. The van der Waals surface area contributed by atoms with Gasteiger partial charge in [-0.15, -0.1) is 0 Å². The first-order valence-electron chi connectivity index (χ1n) is 7.64. The molecule has 1 aromatic heterocycles. The van der Waals surface area contributed by atoms with Gasteiger partial charge in [-0.3, -0.25) is 4.79 Å². The standard InChI is InChI=1S/C19H19N3O/c1-3-13-8-9-15(10-16(13)20)17-11-18(23)22-19(21-17)14-6-4-12(2)5-7-14/h4-11H,3,20H2,1-2H3,(H,21,22,23). The van der Waals surface area contributed by atoms with Crippen LogP contribution in [0.25, 0.3) is 22.6 Å². The normalized spacial score (nSPS) is 10.7.